The fourth-order valence-electron chi connectivity index (χ4n) is 1.84. The zero-order chi connectivity index (χ0) is 13.8. The molecule has 0 saturated heterocycles. The molecule has 0 atom stereocenters. The van der Waals surface area contributed by atoms with Crippen LogP contribution in [0.15, 0.2) is 41.0 Å². The number of rotatable bonds is 5. The van der Waals surface area contributed by atoms with E-state index in [1.807, 2.05) is 18.0 Å². The normalized spacial score (nSPS) is 10.9. The Hall–Kier alpha value is -2.14. The summed E-state index contributed by atoms with van der Waals surface area (Å²) in [5.74, 6) is -0.691. The summed E-state index contributed by atoms with van der Waals surface area (Å²) in [6.07, 6.45) is 1.58. The fraction of sp³-hybridized carbons (Fsp3) is 0.214. The Bertz CT molecular complexity index is 566. The van der Waals surface area contributed by atoms with Crippen LogP contribution in [0.1, 0.15) is 21.7 Å². The van der Waals surface area contributed by atoms with E-state index in [1.165, 1.54) is 18.2 Å². The Morgan fingerprint density at radius 3 is 2.79 bits per heavy atom. The van der Waals surface area contributed by atoms with Crippen molar-refractivity contribution in [1.82, 2.24) is 4.90 Å². The summed E-state index contributed by atoms with van der Waals surface area (Å²) >= 11 is 0. The molecule has 0 fully saturated rings. The van der Waals surface area contributed by atoms with Crippen LogP contribution in [0.5, 0.6) is 0 Å². The van der Waals surface area contributed by atoms with Crippen molar-refractivity contribution in [2.45, 2.75) is 13.1 Å². The van der Waals surface area contributed by atoms with Gasteiger partial charge in [0.05, 0.1) is 18.4 Å². The van der Waals surface area contributed by atoms with Crippen LogP contribution in [0.3, 0.4) is 0 Å². The molecule has 0 aliphatic rings. The van der Waals surface area contributed by atoms with E-state index < -0.39 is 11.8 Å². The van der Waals surface area contributed by atoms with Crippen molar-refractivity contribution in [3.05, 3.63) is 59.3 Å². The number of aromatic carboxylic acids is 1. The molecule has 0 aliphatic carbocycles. The van der Waals surface area contributed by atoms with E-state index in [9.17, 15) is 9.18 Å². The lowest BCUT2D eigenvalue weighted by Gasteiger charge is -2.16. The molecule has 4 nitrogen and oxygen atoms in total. The van der Waals surface area contributed by atoms with E-state index in [0.717, 1.165) is 5.76 Å². The molecule has 1 heterocycles. The average molecular weight is 263 g/mol. The summed E-state index contributed by atoms with van der Waals surface area (Å²) in [7, 11) is 1.81. The van der Waals surface area contributed by atoms with Gasteiger partial charge in [-0.25, -0.2) is 9.18 Å². The first kappa shape index (κ1) is 13.3. The number of carboxylic acid groups (broad SMARTS) is 1. The lowest BCUT2D eigenvalue weighted by Crippen LogP contribution is -2.18. The SMILES string of the molecule is CN(Cc1ccco1)Cc1cc(C(=O)O)ccc1F. The zero-order valence-corrected chi connectivity index (χ0v) is 10.5. The van der Waals surface area contributed by atoms with Gasteiger partial charge in [0.15, 0.2) is 0 Å². The lowest BCUT2D eigenvalue weighted by molar-refractivity contribution is 0.0696. The first-order chi connectivity index (χ1) is 9.06. The molecule has 2 rings (SSSR count). The molecule has 0 unspecified atom stereocenters. The average Bonchev–Trinajstić information content (AvgIpc) is 2.84. The van der Waals surface area contributed by atoms with Crippen molar-refractivity contribution >= 4 is 5.97 Å². The van der Waals surface area contributed by atoms with E-state index in [0.29, 0.717) is 18.7 Å². The summed E-state index contributed by atoms with van der Waals surface area (Å²) in [6.45, 7) is 0.845. The van der Waals surface area contributed by atoms with Crippen LogP contribution in [-0.4, -0.2) is 23.0 Å². The van der Waals surface area contributed by atoms with E-state index in [2.05, 4.69) is 0 Å². The van der Waals surface area contributed by atoms with Gasteiger partial charge in [0.1, 0.15) is 11.6 Å². The molecule has 0 saturated carbocycles. The van der Waals surface area contributed by atoms with Crippen molar-refractivity contribution in [3.8, 4) is 0 Å². The van der Waals surface area contributed by atoms with Crippen LogP contribution in [0.2, 0.25) is 0 Å². The van der Waals surface area contributed by atoms with Gasteiger partial charge in [0, 0.05) is 12.1 Å². The number of halogens is 1. The van der Waals surface area contributed by atoms with Crippen LogP contribution in [-0.2, 0) is 13.1 Å². The molecule has 100 valence electrons. The second-order valence-electron chi connectivity index (χ2n) is 4.36. The highest BCUT2D eigenvalue weighted by atomic mass is 19.1. The minimum Gasteiger partial charge on any atom is -0.478 e. The van der Waals surface area contributed by atoms with Gasteiger partial charge in [0.2, 0.25) is 0 Å². The maximum Gasteiger partial charge on any atom is 0.335 e. The Morgan fingerprint density at radius 2 is 2.16 bits per heavy atom. The minimum atomic E-state index is -1.06. The van der Waals surface area contributed by atoms with Crippen molar-refractivity contribution in [2.24, 2.45) is 0 Å². The molecule has 2 aromatic rings. The largest absolute Gasteiger partial charge is 0.478 e. The van der Waals surface area contributed by atoms with E-state index in [-0.39, 0.29) is 5.56 Å². The number of benzene rings is 1. The number of nitrogens with zero attached hydrogens (tertiary/aromatic N) is 1. The van der Waals surface area contributed by atoms with Crippen LogP contribution in [0, 0.1) is 5.82 Å². The zero-order valence-electron chi connectivity index (χ0n) is 10.5. The van der Waals surface area contributed by atoms with Gasteiger partial charge < -0.3 is 9.52 Å². The van der Waals surface area contributed by atoms with Crippen LogP contribution in [0.4, 0.5) is 4.39 Å². The van der Waals surface area contributed by atoms with Crippen molar-refractivity contribution in [3.63, 3.8) is 0 Å². The monoisotopic (exact) mass is 263 g/mol. The maximum absolute atomic E-state index is 13.6. The highest BCUT2D eigenvalue weighted by Crippen LogP contribution is 2.14. The summed E-state index contributed by atoms with van der Waals surface area (Å²) in [4.78, 5) is 12.7. The number of hydrogen-bond donors (Lipinski definition) is 1. The van der Waals surface area contributed by atoms with Crippen LogP contribution >= 0.6 is 0 Å². The molecular weight excluding hydrogens is 249 g/mol. The first-order valence-electron chi connectivity index (χ1n) is 5.79. The second kappa shape index (κ2) is 5.67. The van der Waals surface area contributed by atoms with Crippen molar-refractivity contribution in [2.75, 3.05) is 7.05 Å². The Kier molecular flexibility index (Phi) is 3.97. The van der Waals surface area contributed by atoms with Gasteiger partial charge in [-0.3, -0.25) is 4.90 Å². The molecule has 0 spiro atoms. The number of carbonyl (C=O) groups is 1. The molecule has 0 amide bonds. The van der Waals surface area contributed by atoms with Gasteiger partial charge in [-0.15, -0.1) is 0 Å². The molecule has 5 heteroatoms. The number of hydrogen-bond acceptors (Lipinski definition) is 3. The Morgan fingerprint density at radius 1 is 1.37 bits per heavy atom. The number of carboxylic acids is 1. The third-order valence-electron chi connectivity index (χ3n) is 2.74. The smallest absolute Gasteiger partial charge is 0.335 e. The summed E-state index contributed by atoms with van der Waals surface area (Å²) in [5.41, 5.74) is 0.441. The molecule has 0 radical (unpaired) electrons. The van der Waals surface area contributed by atoms with E-state index in [1.54, 1.807) is 12.3 Å². The number of furan rings is 1. The molecule has 19 heavy (non-hydrogen) atoms. The van der Waals surface area contributed by atoms with Crippen LogP contribution < -0.4 is 0 Å². The summed E-state index contributed by atoms with van der Waals surface area (Å²) in [6, 6.07) is 7.42. The van der Waals surface area contributed by atoms with Crippen molar-refractivity contribution in [1.29, 1.82) is 0 Å². The highest BCUT2D eigenvalue weighted by Gasteiger charge is 2.11. The van der Waals surface area contributed by atoms with Crippen LogP contribution in [0.25, 0.3) is 0 Å². The standard InChI is InChI=1S/C14H14FNO3/c1-16(9-12-3-2-6-19-12)8-11-7-10(14(17)18)4-5-13(11)15/h2-7H,8-9H2,1H3,(H,17,18). The summed E-state index contributed by atoms with van der Waals surface area (Å²) in [5, 5.41) is 8.89. The van der Waals surface area contributed by atoms with Gasteiger partial charge in [-0.2, -0.15) is 0 Å². The van der Waals surface area contributed by atoms with Gasteiger partial charge in [-0.1, -0.05) is 0 Å². The first-order valence-corrected chi connectivity index (χ1v) is 5.79. The molecule has 0 aliphatic heterocycles. The Balaban J connectivity index is 2.09. The predicted molar refractivity (Wildman–Crippen MR) is 67.2 cm³/mol. The topological polar surface area (TPSA) is 53.7 Å². The molecule has 0 bridgehead atoms. The third kappa shape index (κ3) is 3.42. The van der Waals surface area contributed by atoms with Gasteiger partial charge in [0.25, 0.3) is 0 Å². The quantitative estimate of drug-likeness (QED) is 0.901. The predicted octanol–water partition coefficient (Wildman–Crippen LogP) is 2.75. The summed E-state index contributed by atoms with van der Waals surface area (Å²) < 4.78 is 18.8. The second-order valence-corrected chi connectivity index (χ2v) is 4.36. The highest BCUT2D eigenvalue weighted by molar-refractivity contribution is 5.87. The lowest BCUT2D eigenvalue weighted by atomic mass is 10.1. The van der Waals surface area contributed by atoms with E-state index >= 15 is 0 Å². The van der Waals surface area contributed by atoms with E-state index in [4.69, 9.17) is 9.52 Å². The van der Waals surface area contributed by atoms with Gasteiger partial charge in [-0.05, 0) is 37.4 Å². The minimum absolute atomic E-state index is 0.0859. The molecular formula is C14H14FNO3. The fourth-order valence-corrected chi connectivity index (χ4v) is 1.84. The third-order valence-corrected chi connectivity index (χ3v) is 2.74. The van der Waals surface area contributed by atoms with Crippen molar-refractivity contribution < 1.29 is 18.7 Å². The molecule has 1 aromatic heterocycles. The Labute approximate surface area is 110 Å². The van der Waals surface area contributed by atoms with Gasteiger partial charge >= 0.3 is 5.97 Å². The molecule has 1 aromatic carbocycles. The maximum atomic E-state index is 13.6. The molecule has 1 N–H and O–H groups in total.